The maximum absolute atomic E-state index is 9.73. The smallest absolute Gasteiger partial charge is 0.169 e. The lowest BCUT2D eigenvalue weighted by molar-refractivity contribution is 0.413. The van der Waals surface area contributed by atoms with Gasteiger partial charge in [0.15, 0.2) is 5.17 Å². The summed E-state index contributed by atoms with van der Waals surface area (Å²) in [7, 11) is 1.65. The van der Waals surface area contributed by atoms with Gasteiger partial charge in [-0.3, -0.25) is 0 Å². The Morgan fingerprint density at radius 1 is 0.824 bits per heavy atom. The van der Waals surface area contributed by atoms with Crippen molar-refractivity contribution in [3.63, 3.8) is 0 Å². The summed E-state index contributed by atoms with van der Waals surface area (Å²) < 4.78 is 5.30. The molecule has 172 valence electrons. The second-order valence-electron chi connectivity index (χ2n) is 7.66. The molecule has 0 aliphatic heterocycles. The van der Waals surface area contributed by atoms with Crippen molar-refractivity contribution in [1.29, 1.82) is 0 Å². The van der Waals surface area contributed by atoms with Gasteiger partial charge in [0.25, 0.3) is 0 Å². The van der Waals surface area contributed by atoms with Gasteiger partial charge in [0.2, 0.25) is 0 Å². The second-order valence-corrected chi connectivity index (χ2v) is 9.13. The Hall–Kier alpha value is -3.41. The first-order chi connectivity index (χ1) is 16.6. The summed E-state index contributed by atoms with van der Waals surface area (Å²) in [4.78, 5) is 8.31. The number of amidine groups is 1. The summed E-state index contributed by atoms with van der Waals surface area (Å²) in [6, 6.07) is 33.1. The first kappa shape index (κ1) is 23.7. The minimum absolute atomic E-state index is 0.251. The van der Waals surface area contributed by atoms with Crippen LogP contribution in [0.3, 0.4) is 0 Å². The van der Waals surface area contributed by atoms with Crippen molar-refractivity contribution in [3.05, 3.63) is 119 Å². The molecule has 0 saturated carbocycles. The fourth-order valence-electron chi connectivity index (χ4n) is 3.35. The monoisotopic (exact) mass is 488 g/mol. The Kier molecular flexibility index (Phi) is 8.12. The molecule has 0 saturated heterocycles. The Morgan fingerprint density at radius 2 is 1.44 bits per heavy atom. The molecule has 0 unspecified atom stereocenters. The minimum Gasteiger partial charge on any atom is -0.508 e. The summed E-state index contributed by atoms with van der Waals surface area (Å²) >= 11 is 7.70. The first-order valence-electron chi connectivity index (χ1n) is 10.8. The highest BCUT2D eigenvalue weighted by Gasteiger charge is 2.16. The first-order valence-corrected chi connectivity index (χ1v) is 12.0. The van der Waals surface area contributed by atoms with E-state index in [0.717, 1.165) is 27.1 Å². The average Bonchev–Trinajstić information content (AvgIpc) is 2.87. The van der Waals surface area contributed by atoms with Gasteiger partial charge in [-0.05, 0) is 71.8 Å². The van der Waals surface area contributed by atoms with Crippen LogP contribution in [0.4, 0.5) is 5.69 Å². The van der Waals surface area contributed by atoms with Gasteiger partial charge in [-0.2, -0.15) is 0 Å². The van der Waals surface area contributed by atoms with Crippen molar-refractivity contribution >= 4 is 34.2 Å². The third-order valence-corrected chi connectivity index (χ3v) is 6.41. The lowest BCUT2D eigenvalue weighted by Gasteiger charge is -2.26. The molecule has 0 spiro atoms. The summed E-state index contributed by atoms with van der Waals surface area (Å²) in [5.41, 5.74) is 3.09. The summed E-state index contributed by atoms with van der Waals surface area (Å²) in [6.45, 7) is 1.31. The number of methoxy groups -OCH3 is 1. The van der Waals surface area contributed by atoms with Crippen molar-refractivity contribution in [2.75, 3.05) is 7.11 Å². The average molecular weight is 489 g/mol. The molecule has 34 heavy (non-hydrogen) atoms. The van der Waals surface area contributed by atoms with Crippen LogP contribution in [-0.4, -0.2) is 22.3 Å². The van der Waals surface area contributed by atoms with E-state index in [4.69, 9.17) is 21.3 Å². The molecule has 0 aromatic heterocycles. The Balaban J connectivity index is 1.73. The number of halogens is 1. The molecule has 1 N–H and O–H groups in total. The van der Waals surface area contributed by atoms with E-state index in [9.17, 15) is 5.11 Å². The molecular weight excluding hydrogens is 464 g/mol. The molecule has 4 rings (SSSR count). The highest BCUT2D eigenvalue weighted by atomic mass is 35.5. The van der Waals surface area contributed by atoms with Crippen molar-refractivity contribution < 1.29 is 9.84 Å². The van der Waals surface area contributed by atoms with E-state index in [-0.39, 0.29) is 5.75 Å². The molecule has 0 fully saturated rings. The lowest BCUT2D eigenvalue weighted by atomic mass is 10.2. The van der Waals surface area contributed by atoms with Gasteiger partial charge in [-0.25, -0.2) is 4.99 Å². The molecule has 4 aromatic rings. The van der Waals surface area contributed by atoms with Crippen LogP contribution in [0.1, 0.15) is 11.1 Å². The third-order valence-electron chi connectivity index (χ3n) is 5.12. The van der Waals surface area contributed by atoms with Gasteiger partial charge in [0.1, 0.15) is 11.5 Å². The van der Waals surface area contributed by atoms with Crippen LogP contribution < -0.4 is 4.74 Å². The summed E-state index contributed by atoms with van der Waals surface area (Å²) in [5.74, 6) is 1.04. The number of nitrogens with zero attached hydrogens (tertiary/aromatic N) is 2. The van der Waals surface area contributed by atoms with Crippen LogP contribution >= 0.6 is 23.4 Å². The van der Waals surface area contributed by atoms with E-state index >= 15 is 0 Å². The molecule has 0 radical (unpaired) electrons. The second kappa shape index (κ2) is 11.6. The molecule has 0 atom stereocenters. The van der Waals surface area contributed by atoms with Crippen LogP contribution in [-0.2, 0) is 13.1 Å². The summed E-state index contributed by atoms with van der Waals surface area (Å²) in [6.07, 6.45) is 0. The van der Waals surface area contributed by atoms with Crippen LogP contribution in [0.25, 0.3) is 0 Å². The number of aliphatic imine (C=N–C) groups is 1. The largest absolute Gasteiger partial charge is 0.508 e. The van der Waals surface area contributed by atoms with Gasteiger partial charge in [0.05, 0.1) is 12.8 Å². The number of hydrogen-bond donors (Lipinski definition) is 1. The molecule has 4 aromatic carbocycles. The Bertz CT molecular complexity index is 1210. The molecule has 4 nitrogen and oxygen atoms in total. The predicted molar refractivity (Wildman–Crippen MR) is 141 cm³/mol. The fourth-order valence-corrected chi connectivity index (χ4v) is 4.37. The molecule has 0 aliphatic rings. The number of rotatable bonds is 7. The van der Waals surface area contributed by atoms with Gasteiger partial charge in [0, 0.05) is 23.0 Å². The molecular formula is C28H25ClN2O2S. The Morgan fingerprint density at radius 3 is 2.06 bits per heavy atom. The van der Waals surface area contributed by atoms with Crippen molar-refractivity contribution in [3.8, 4) is 11.5 Å². The number of phenols is 1. The minimum atomic E-state index is 0.251. The van der Waals surface area contributed by atoms with Crippen LogP contribution in [0, 0.1) is 0 Å². The van der Waals surface area contributed by atoms with E-state index in [1.54, 1.807) is 31.0 Å². The van der Waals surface area contributed by atoms with Gasteiger partial charge in [-0.15, -0.1) is 0 Å². The van der Waals surface area contributed by atoms with Gasteiger partial charge >= 0.3 is 0 Å². The number of aromatic hydroxyl groups is 1. The van der Waals surface area contributed by atoms with Gasteiger partial charge < -0.3 is 14.7 Å². The van der Waals surface area contributed by atoms with E-state index in [2.05, 4.69) is 17.0 Å². The zero-order valence-corrected chi connectivity index (χ0v) is 20.3. The van der Waals surface area contributed by atoms with Crippen LogP contribution in [0.5, 0.6) is 11.5 Å². The number of thioether (sulfide) groups is 1. The van der Waals surface area contributed by atoms with E-state index in [0.29, 0.717) is 18.1 Å². The number of benzene rings is 4. The molecule has 6 heteroatoms. The standard InChI is InChI=1S/C28H25ClN2O2S/c1-33-26-15-11-24(12-16-26)30-28(34-27-17-9-23(29)10-18-27)31(19-21-5-3-2-4-6-21)20-22-7-13-25(32)14-8-22/h2-18,32H,19-20H2,1H3. The maximum Gasteiger partial charge on any atom is 0.169 e. The molecule has 0 heterocycles. The van der Waals surface area contributed by atoms with E-state index < -0.39 is 0 Å². The number of ether oxygens (including phenoxy) is 1. The lowest BCUT2D eigenvalue weighted by Crippen LogP contribution is -2.28. The third kappa shape index (κ3) is 6.80. The fraction of sp³-hybridized carbons (Fsp3) is 0.107. The maximum atomic E-state index is 9.73. The molecule has 0 aliphatic carbocycles. The Labute approximate surface area is 209 Å². The van der Waals surface area contributed by atoms with E-state index in [1.807, 2.05) is 78.9 Å². The normalized spacial score (nSPS) is 11.3. The highest BCUT2D eigenvalue weighted by Crippen LogP contribution is 2.29. The van der Waals surface area contributed by atoms with Crippen LogP contribution in [0.2, 0.25) is 5.02 Å². The number of hydrogen-bond acceptors (Lipinski definition) is 4. The van der Waals surface area contributed by atoms with E-state index in [1.165, 1.54) is 5.56 Å². The quantitative estimate of drug-likeness (QED) is 0.166. The number of phenolic OH excluding ortho intramolecular Hbond substituents is 1. The van der Waals surface area contributed by atoms with Gasteiger partial charge in [-0.1, -0.05) is 65.8 Å². The predicted octanol–water partition coefficient (Wildman–Crippen LogP) is 7.54. The zero-order chi connectivity index (χ0) is 23.8. The molecule has 0 amide bonds. The molecule has 0 bridgehead atoms. The SMILES string of the molecule is COc1ccc(N=C(Sc2ccc(Cl)cc2)N(Cc2ccccc2)Cc2ccc(O)cc2)cc1. The van der Waals surface area contributed by atoms with Crippen molar-refractivity contribution in [2.45, 2.75) is 18.0 Å². The van der Waals surface area contributed by atoms with Crippen LogP contribution in [0.15, 0.2) is 113 Å². The topological polar surface area (TPSA) is 45.1 Å². The zero-order valence-electron chi connectivity index (χ0n) is 18.8. The van der Waals surface area contributed by atoms with Crippen molar-refractivity contribution in [1.82, 2.24) is 4.90 Å². The summed E-state index contributed by atoms with van der Waals surface area (Å²) in [5, 5.41) is 11.3. The van der Waals surface area contributed by atoms with Crippen molar-refractivity contribution in [2.24, 2.45) is 4.99 Å². The highest BCUT2D eigenvalue weighted by molar-refractivity contribution is 8.13.